The molecule has 1 N–H and O–H groups in total. The van der Waals surface area contributed by atoms with Gasteiger partial charge in [-0.3, -0.25) is 4.79 Å². The van der Waals surface area contributed by atoms with E-state index in [1.54, 1.807) is 35.2 Å². The number of hydrogen-bond donors (Lipinski definition) is 1. The summed E-state index contributed by atoms with van der Waals surface area (Å²) in [5.41, 5.74) is 2.66. The number of carbonyl (C=O) groups is 1. The van der Waals surface area contributed by atoms with Crippen molar-refractivity contribution >= 4 is 34.8 Å². The summed E-state index contributed by atoms with van der Waals surface area (Å²) < 4.78 is 27.5. The molecule has 0 spiro atoms. The van der Waals surface area contributed by atoms with Gasteiger partial charge < -0.3 is 10.2 Å². The third-order valence-electron chi connectivity index (χ3n) is 4.88. The lowest BCUT2D eigenvalue weighted by atomic mass is 10.0. The average molecular weight is 433 g/mol. The maximum Gasteiger partial charge on any atom is 0.250 e. The fourth-order valence-corrected chi connectivity index (χ4v) is 3.73. The Morgan fingerprint density at radius 2 is 1.59 bits per heavy atom. The van der Waals surface area contributed by atoms with Crippen molar-refractivity contribution in [2.24, 2.45) is 0 Å². The first-order valence-electron chi connectivity index (χ1n) is 8.94. The van der Waals surface area contributed by atoms with Gasteiger partial charge in [-0.05, 0) is 53.1 Å². The van der Waals surface area contributed by atoms with Crippen molar-refractivity contribution in [1.29, 1.82) is 0 Å². The molecule has 0 bridgehead atoms. The van der Waals surface area contributed by atoms with Crippen LogP contribution in [0, 0.1) is 11.6 Å². The van der Waals surface area contributed by atoms with Crippen LogP contribution in [0.2, 0.25) is 10.0 Å². The number of carbonyl (C=O) groups excluding carboxylic acids is 1. The highest BCUT2D eigenvalue weighted by molar-refractivity contribution is 6.30. The summed E-state index contributed by atoms with van der Waals surface area (Å²) in [5.74, 6) is -1.69. The monoisotopic (exact) mass is 432 g/mol. The molecule has 0 radical (unpaired) electrons. The molecule has 0 aromatic heterocycles. The lowest BCUT2D eigenvalue weighted by molar-refractivity contribution is -0.132. The van der Waals surface area contributed by atoms with Gasteiger partial charge in [-0.1, -0.05) is 41.4 Å². The van der Waals surface area contributed by atoms with Crippen LogP contribution in [0.3, 0.4) is 0 Å². The van der Waals surface area contributed by atoms with E-state index in [2.05, 4.69) is 5.32 Å². The van der Waals surface area contributed by atoms with E-state index in [4.69, 9.17) is 23.2 Å². The first-order valence-corrected chi connectivity index (χ1v) is 9.69. The molecule has 7 heteroatoms. The fraction of sp³-hybridized carbons (Fsp3) is 0.136. The maximum absolute atomic E-state index is 14.2. The minimum absolute atomic E-state index is 0.0412. The molecule has 29 heavy (non-hydrogen) atoms. The number of fused-ring (bicyclic) bond motifs is 1. The molecule has 3 aromatic rings. The van der Waals surface area contributed by atoms with Crippen molar-refractivity contribution in [3.8, 4) is 0 Å². The summed E-state index contributed by atoms with van der Waals surface area (Å²) in [5, 5.41) is 4.06. The van der Waals surface area contributed by atoms with Gasteiger partial charge in [0.25, 0.3) is 0 Å². The van der Waals surface area contributed by atoms with E-state index in [1.165, 1.54) is 6.07 Å². The van der Waals surface area contributed by atoms with E-state index >= 15 is 0 Å². The van der Waals surface area contributed by atoms with E-state index in [-0.39, 0.29) is 11.6 Å². The van der Waals surface area contributed by atoms with Gasteiger partial charge in [0, 0.05) is 29.2 Å². The molecule has 1 atom stereocenters. The van der Waals surface area contributed by atoms with Gasteiger partial charge >= 0.3 is 0 Å². The van der Waals surface area contributed by atoms with E-state index in [1.807, 2.05) is 12.1 Å². The van der Waals surface area contributed by atoms with Crippen LogP contribution in [-0.4, -0.2) is 10.8 Å². The van der Waals surface area contributed by atoms with E-state index in [9.17, 15) is 13.6 Å². The standard InChI is InChI=1S/C22H16Cl2F2N2O/c23-16-4-1-13(2-5-16)21(27-20-8-7-18(25)10-19(20)26)22(29)28-11-14-3-6-17(24)9-15(14)12-28/h1-10,21,27H,11-12H2. The number of benzene rings is 3. The topological polar surface area (TPSA) is 32.3 Å². The average Bonchev–Trinajstić information content (AvgIpc) is 3.11. The van der Waals surface area contributed by atoms with Crippen molar-refractivity contribution < 1.29 is 13.6 Å². The maximum atomic E-state index is 14.2. The zero-order chi connectivity index (χ0) is 20.5. The molecule has 3 aromatic carbocycles. The lowest BCUT2D eigenvalue weighted by Gasteiger charge is -2.25. The Hall–Kier alpha value is -2.63. The Bertz CT molecular complexity index is 1070. The van der Waals surface area contributed by atoms with Crippen LogP contribution in [0.25, 0.3) is 0 Å². The summed E-state index contributed by atoms with van der Waals surface area (Å²) in [6.07, 6.45) is 0. The van der Waals surface area contributed by atoms with Gasteiger partial charge in [0.2, 0.25) is 5.91 Å². The van der Waals surface area contributed by atoms with Crippen LogP contribution in [0.15, 0.2) is 60.7 Å². The highest BCUT2D eigenvalue weighted by Crippen LogP contribution is 2.31. The van der Waals surface area contributed by atoms with Gasteiger partial charge in [-0.15, -0.1) is 0 Å². The Morgan fingerprint density at radius 3 is 2.31 bits per heavy atom. The van der Waals surface area contributed by atoms with Crippen molar-refractivity contribution in [3.63, 3.8) is 0 Å². The van der Waals surface area contributed by atoms with Crippen LogP contribution >= 0.6 is 23.2 Å². The zero-order valence-electron chi connectivity index (χ0n) is 15.1. The molecule has 4 rings (SSSR count). The zero-order valence-corrected chi connectivity index (χ0v) is 16.6. The lowest BCUT2D eigenvalue weighted by Crippen LogP contribution is -2.34. The molecular weight excluding hydrogens is 417 g/mol. The number of halogens is 4. The Kier molecular flexibility index (Phi) is 5.43. The predicted octanol–water partition coefficient (Wildman–Crippen LogP) is 5.97. The number of anilines is 1. The molecule has 1 heterocycles. The van der Waals surface area contributed by atoms with Crippen LogP contribution < -0.4 is 5.32 Å². The summed E-state index contributed by atoms with van der Waals surface area (Å²) in [6, 6.07) is 14.6. The molecule has 1 unspecified atom stereocenters. The molecule has 1 aliphatic rings. The van der Waals surface area contributed by atoms with Crippen LogP contribution in [-0.2, 0) is 17.9 Å². The molecular formula is C22H16Cl2F2N2O. The van der Waals surface area contributed by atoms with Crippen molar-refractivity contribution in [1.82, 2.24) is 4.90 Å². The van der Waals surface area contributed by atoms with Gasteiger partial charge in [-0.2, -0.15) is 0 Å². The second-order valence-corrected chi connectivity index (χ2v) is 7.73. The molecule has 148 valence electrons. The Morgan fingerprint density at radius 1 is 0.897 bits per heavy atom. The predicted molar refractivity (Wildman–Crippen MR) is 110 cm³/mol. The normalized spacial score (nSPS) is 13.9. The quantitative estimate of drug-likeness (QED) is 0.550. The SMILES string of the molecule is O=C(C(Nc1ccc(F)cc1F)c1ccc(Cl)cc1)N1Cc2ccc(Cl)cc2C1. The van der Waals surface area contributed by atoms with Crippen molar-refractivity contribution in [2.75, 3.05) is 5.32 Å². The minimum Gasteiger partial charge on any atom is -0.368 e. The number of nitrogens with zero attached hydrogens (tertiary/aromatic N) is 1. The smallest absolute Gasteiger partial charge is 0.250 e. The van der Waals surface area contributed by atoms with Gasteiger partial charge in [0.1, 0.15) is 17.7 Å². The molecule has 0 saturated carbocycles. The fourth-order valence-electron chi connectivity index (χ4n) is 3.41. The largest absolute Gasteiger partial charge is 0.368 e. The third kappa shape index (κ3) is 4.21. The van der Waals surface area contributed by atoms with Crippen molar-refractivity contribution in [3.05, 3.63) is 99.0 Å². The summed E-state index contributed by atoms with van der Waals surface area (Å²) in [7, 11) is 0. The van der Waals surface area contributed by atoms with Crippen LogP contribution in [0.4, 0.5) is 14.5 Å². The van der Waals surface area contributed by atoms with Crippen LogP contribution in [0.1, 0.15) is 22.7 Å². The number of hydrogen-bond acceptors (Lipinski definition) is 2. The second-order valence-electron chi connectivity index (χ2n) is 6.86. The van der Waals surface area contributed by atoms with E-state index in [0.717, 1.165) is 23.3 Å². The van der Waals surface area contributed by atoms with E-state index < -0.39 is 17.7 Å². The molecule has 0 saturated heterocycles. The van der Waals surface area contributed by atoms with Gasteiger partial charge in [-0.25, -0.2) is 8.78 Å². The van der Waals surface area contributed by atoms with Gasteiger partial charge in [0.15, 0.2) is 0 Å². The molecule has 1 aliphatic heterocycles. The molecule has 0 aliphatic carbocycles. The number of rotatable bonds is 4. The molecule has 0 fully saturated rings. The Labute approximate surface area is 176 Å². The minimum atomic E-state index is -0.864. The third-order valence-corrected chi connectivity index (χ3v) is 5.37. The van der Waals surface area contributed by atoms with Crippen LogP contribution in [0.5, 0.6) is 0 Å². The summed E-state index contributed by atoms with van der Waals surface area (Å²) >= 11 is 12.0. The first kappa shape index (κ1) is 19.7. The Balaban J connectivity index is 1.65. The van der Waals surface area contributed by atoms with Crippen molar-refractivity contribution in [2.45, 2.75) is 19.1 Å². The highest BCUT2D eigenvalue weighted by Gasteiger charge is 2.31. The molecule has 3 nitrogen and oxygen atoms in total. The highest BCUT2D eigenvalue weighted by atomic mass is 35.5. The first-order chi connectivity index (χ1) is 13.9. The number of amides is 1. The van der Waals surface area contributed by atoms with Gasteiger partial charge in [0.05, 0.1) is 5.69 Å². The molecule has 1 amide bonds. The van der Waals surface area contributed by atoms with E-state index in [0.29, 0.717) is 28.7 Å². The number of nitrogens with one attached hydrogen (secondary N) is 1. The second kappa shape index (κ2) is 8.01. The summed E-state index contributed by atoms with van der Waals surface area (Å²) in [6.45, 7) is 0.843. The summed E-state index contributed by atoms with van der Waals surface area (Å²) in [4.78, 5) is 15.0.